The summed E-state index contributed by atoms with van der Waals surface area (Å²) in [5.74, 6) is 0. The number of aliphatic hydroxyl groups excluding tert-OH is 1. The average molecular weight is 363 g/mol. The summed E-state index contributed by atoms with van der Waals surface area (Å²) in [5.41, 5.74) is 1.84. The Morgan fingerprint density at radius 3 is 2.73 bits per heavy atom. The van der Waals surface area contributed by atoms with Crippen molar-refractivity contribution in [3.63, 3.8) is 0 Å². The molecular weight excluding hydrogens is 343 g/mol. The van der Waals surface area contributed by atoms with E-state index in [-0.39, 0.29) is 6.04 Å². The van der Waals surface area contributed by atoms with Crippen LogP contribution in [0.1, 0.15) is 30.1 Å². The highest BCUT2D eigenvalue weighted by Crippen LogP contribution is 2.37. The molecule has 1 saturated heterocycles. The van der Waals surface area contributed by atoms with Gasteiger partial charge in [-0.25, -0.2) is 4.98 Å². The second-order valence-electron chi connectivity index (χ2n) is 6.93. The van der Waals surface area contributed by atoms with E-state index in [9.17, 15) is 18.3 Å². The van der Waals surface area contributed by atoms with Crippen molar-refractivity contribution < 1.29 is 18.3 Å². The van der Waals surface area contributed by atoms with Gasteiger partial charge >= 0.3 is 6.18 Å². The first kappa shape index (κ1) is 17.3. The predicted octanol–water partition coefficient (Wildman–Crippen LogP) is 3.80. The third-order valence-corrected chi connectivity index (χ3v) is 5.07. The number of fused-ring (bicyclic) bond motifs is 3. The van der Waals surface area contributed by atoms with Gasteiger partial charge in [0.05, 0.1) is 28.7 Å². The molecule has 7 heteroatoms. The average Bonchev–Trinajstić information content (AvgIpc) is 2.74. The molecule has 0 saturated carbocycles. The van der Waals surface area contributed by atoms with Crippen LogP contribution >= 0.6 is 0 Å². The lowest BCUT2D eigenvalue weighted by Gasteiger charge is -2.24. The monoisotopic (exact) mass is 363 g/mol. The van der Waals surface area contributed by atoms with E-state index in [0.717, 1.165) is 36.5 Å². The van der Waals surface area contributed by atoms with Crippen LogP contribution in [-0.4, -0.2) is 33.9 Å². The molecule has 1 aliphatic heterocycles. The van der Waals surface area contributed by atoms with Gasteiger partial charge < -0.3 is 15.0 Å². The van der Waals surface area contributed by atoms with Crippen molar-refractivity contribution in [2.75, 3.05) is 13.1 Å². The fourth-order valence-electron chi connectivity index (χ4n) is 3.85. The molecule has 1 fully saturated rings. The van der Waals surface area contributed by atoms with E-state index in [1.807, 2.05) is 29.7 Å². The summed E-state index contributed by atoms with van der Waals surface area (Å²) >= 11 is 0. The second-order valence-corrected chi connectivity index (χ2v) is 6.93. The summed E-state index contributed by atoms with van der Waals surface area (Å²) in [6.07, 6.45) is -3.46. The minimum absolute atomic E-state index is 0.203. The maximum atomic E-state index is 13.2. The standard InChI is InChI=1S/C19H20F3N3O/c1-11-4-5-13-12(9-11)18-15(6-7-17(24-18)19(20,21)22)25(13)14-3-2-8-23-10-16(14)26/h4-7,9,14,16,23,26H,2-3,8,10H2,1H3/t14-,16-/m0/s1. The number of rotatable bonds is 1. The van der Waals surface area contributed by atoms with Crippen LogP contribution in [0.4, 0.5) is 13.2 Å². The lowest BCUT2D eigenvalue weighted by atomic mass is 10.1. The number of aromatic nitrogens is 2. The molecule has 138 valence electrons. The Hall–Kier alpha value is -2.12. The molecule has 2 N–H and O–H groups in total. The van der Waals surface area contributed by atoms with Crippen LogP contribution in [0.5, 0.6) is 0 Å². The number of hydrogen-bond donors (Lipinski definition) is 2. The van der Waals surface area contributed by atoms with Crippen LogP contribution in [0.3, 0.4) is 0 Å². The van der Waals surface area contributed by atoms with E-state index in [1.54, 1.807) is 0 Å². The third-order valence-electron chi connectivity index (χ3n) is 5.07. The fraction of sp³-hybridized carbons (Fsp3) is 0.421. The molecule has 0 unspecified atom stereocenters. The normalized spacial score (nSPS) is 22.0. The minimum atomic E-state index is -4.49. The molecule has 0 bridgehead atoms. The third kappa shape index (κ3) is 2.85. The Morgan fingerprint density at radius 2 is 1.96 bits per heavy atom. The van der Waals surface area contributed by atoms with E-state index >= 15 is 0 Å². The van der Waals surface area contributed by atoms with Crippen molar-refractivity contribution in [1.82, 2.24) is 14.9 Å². The largest absolute Gasteiger partial charge is 0.433 e. The van der Waals surface area contributed by atoms with Crippen molar-refractivity contribution in [2.45, 2.75) is 38.1 Å². The molecule has 4 rings (SSSR count). The zero-order chi connectivity index (χ0) is 18.5. The van der Waals surface area contributed by atoms with Gasteiger partial charge in [-0.3, -0.25) is 0 Å². The van der Waals surface area contributed by atoms with E-state index in [2.05, 4.69) is 10.3 Å². The van der Waals surface area contributed by atoms with Crippen LogP contribution in [0.2, 0.25) is 0 Å². The van der Waals surface area contributed by atoms with E-state index < -0.39 is 18.0 Å². The van der Waals surface area contributed by atoms with E-state index in [0.29, 0.717) is 23.0 Å². The number of pyridine rings is 1. The van der Waals surface area contributed by atoms with Crippen LogP contribution in [0, 0.1) is 6.92 Å². The summed E-state index contributed by atoms with van der Waals surface area (Å²) in [6.45, 7) is 3.19. The van der Waals surface area contributed by atoms with E-state index in [4.69, 9.17) is 0 Å². The van der Waals surface area contributed by atoms with Crippen LogP contribution in [-0.2, 0) is 6.18 Å². The topological polar surface area (TPSA) is 50.1 Å². The molecule has 2 atom stereocenters. The number of alkyl halides is 3. The molecule has 4 nitrogen and oxygen atoms in total. The van der Waals surface area contributed by atoms with Gasteiger partial charge in [0.2, 0.25) is 0 Å². The lowest BCUT2D eigenvalue weighted by molar-refractivity contribution is -0.140. The van der Waals surface area contributed by atoms with Crippen molar-refractivity contribution in [3.8, 4) is 0 Å². The Balaban J connectivity index is 2.01. The Labute approximate surface area is 148 Å². The SMILES string of the molecule is Cc1ccc2c(c1)c1nc(C(F)(F)F)ccc1n2[C@H]1CCCNC[C@@H]1O. The van der Waals surface area contributed by atoms with Gasteiger partial charge in [-0.15, -0.1) is 0 Å². The molecule has 0 amide bonds. The number of halogens is 3. The molecule has 3 aromatic rings. The van der Waals surface area contributed by atoms with Crippen LogP contribution in [0.25, 0.3) is 21.9 Å². The molecule has 26 heavy (non-hydrogen) atoms. The van der Waals surface area contributed by atoms with Gasteiger partial charge in [-0.1, -0.05) is 11.6 Å². The maximum Gasteiger partial charge on any atom is 0.433 e. The van der Waals surface area contributed by atoms with Crippen LogP contribution < -0.4 is 5.32 Å². The van der Waals surface area contributed by atoms with Crippen LogP contribution in [0.15, 0.2) is 30.3 Å². The number of nitrogens with zero attached hydrogens (tertiary/aromatic N) is 2. The lowest BCUT2D eigenvalue weighted by Crippen LogP contribution is -2.31. The molecule has 0 spiro atoms. The summed E-state index contributed by atoms with van der Waals surface area (Å²) in [5, 5.41) is 14.5. The number of hydrogen-bond acceptors (Lipinski definition) is 3. The summed E-state index contributed by atoms with van der Waals surface area (Å²) in [7, 11) is 0. The smallest absolute Gasteiger partial charge is 0.390 e. The molecule has 3 heterocycles. The zero-order valence-electron chi connectivity index (χ0n) is 14.3. The number of nitrogens with one attached hydrogen (secondary N) is 1. The molecule has 0 radical (unpaired) electrons. The van der Waals surface area contributed by atoms with Gasteiger partial charge in [0.25, 0.3) is 0 Å². The Kier molecular flexibility index (Phi) is 4.16. The van der Waals surface area contributed by atoms with Crippen molar-refractivity contribution in [1.29, 1.82) is 0 Å². The van der Waals surface area contributed by atoms with Gasteiger partial charge in [0.1, 0.15) is 5.69 Å². The number of aliphatic hydroxyl groups is 1. The Bertz CT molecular complexity index is 964. The summed E-state index contributed by atoms with van der Waals surface area (Å²) < 4.78 is 41.4. The van der Waals surface area contributed by atoms with Gasteiger partial charge in [-0.05, 0) is 50.6 Å². The van der Waals surface area contributed by atoms with Gasteiger partial charge in [0.15, 0.2) is 0 Å². The predicted molar refractivity (Wildman–Crippen MR) is 94.1 cm³/mol. The number of β-amino-alcohol motifs (C(OH)–C–C–N with tert-alkyl or cyclic N) is 1. The van der Waals surface area contributed by atoms with Crippen molar-refractivity contribution in [2.24, 2.45) is 0 Å². The first-order valence-corrected chi connectivity index (χ1v) is 8.73. The molecule has 1 aromatic carbocycles. The summed E-state index contributed by atoms with van der Waals surface area (Å²) in [4.78, 5) is 3.94. The first-order chi connectivity index (χ1) is 12.4. The van der Waals surface area contributed by atoms with E-state index in [1.165, 1.54) is 6.07 Å². The minimum Gasteiger partial charge on any atom is -0.390 e. The van der Waals surface area contributed by atoms with Gasteiger partial charge in [0, 0.05) is 11.9 Å². The Morgan fingerprint density at radius 1 is 1.19 bits per heavy atom. The second kappa shape index (κ2) is 6.25. The highest BCUT2D eigenvalue weighted by Gasteiger charge is 2.34. The van der Waals surface area contributed by atoms with Crippen molar-refractivity contribution >= 4 is 21.9 Å². The highest BCUT2D eigenvalue weighted by molar-refractivity contribution is 6.06. The quantitative estimate of drug-likeness (QED) is 0.691. The number of aryl methyl sites for hydroxylation is 1. The van der Waals surface area contributed by atoms with Crippen molar-refractivity contribution in [3.05, 3.63) is 41.6 Å². The zero-order valence-corrected chi connectivity index (χ0v) is 14.3. The highest BCUT2D eigenvalue weighted by atomic mass is 19.4. The fourth-order valence-corrected chi connectivity index (χ4v) is 3.85. The maximum absolute atomic E-state index is 13.2. The molecular formula is C19H20F3N3O. The number of benzene rings is 1. The first-order valence-electron chi connectivity index (χ1n) is 8.73. The van der Waals surface area contributed by atoms with Gasteiger partial charge in [-0.2, -0.15) is 13.2 Å². The summed E-state index contributed by atoms with van der Waals surface area (Å²) in [6, 6.07) is 8.00. The molecule has 1 aliphatic rings. The molecule has 0 aliphatic carbocycles. The molecule has 2 aromatic heterocycles.